The molecule has 3 unspecified atom stereocenters. The van der Waals surface area contributed by atoms with Gasteiger partial charge in [-0.3, -0.25) is 0 Å². The van der Waals surface area contributed by atoms with Crippen LogP contribution in [0.3, 0.4) is 0 Å². The fourth-order valence-electron chi connectivity index (χ4n) is 2.51. The Bertz CT molecular complexity index is 611. The van der Waals surface area contributed by atoms with Crippen molar-refractivity contribution < 1.29 is 28.8 Å². The van der Waals surface area contributed by atoms with Gasteiger partial charge in [0.15, 0.2) is 23.8 Å². The molecule has 1 aromatic carbocycles. The van der Waals surface area contributed by atoms with Gasteiger partial charge in [-0.2, -0.15) is 0 Å². The highest BCUT2D eigenvalue weighted by atomic mass is 32.1. The van der Waals surface area contributed by atoms with Crippen LogP contribution < -0.4 is 9.47 Å². The summed E-state index contributed by atoms with van der Waals surface area (Å²) in [5, 5.41) is 9.50. The summed E-state index contributed by atoms with van der Waals surface area (Å²) in [5.41, 5.74) is 0. The molecule has 0 saturated carbocycles. The Morgan fingerprint density at radius 1 is 1.44 bits per heavy atom. The number of carbonyl (C=O) groups is 1. The molecule has 2 rings (SSSR count). The largest absolute Gasteiger partial charge is 0.493 e. The molecule has 1 saturated heterocycles. The number of hydrogen-bond acceptors (Lipinski definition) is 6. The standard InChI is InChI=1S/C17H23NO6S/c1-4-14(25)18(2)15(16(19)20)17-23-10-11(24-17)9-22-13-8-6-5-7-12(13)21-3/h5-8,11,15,17H,4,9-10H2,1-3H3,(H,19,20). The normalized spacial score (nSPS) is 20.8. The first-order chi connectivity index (χ1) is 12.0. The highest BCUT2D eigenvalue weighted by Gasteiger charge is 2.40. The second kappa shape index (κ2) is 8.98. The molecule has 3 atom stereocenters. The lowest BCUT2D eigenvalue weighted by Gasteiger charge is -2.30. The molecule has 0 bridgehead atoms. The molecule has 0 radical (unpaired) electrons. The van der Waals surface area contributed by atoms with E-state index in [-0.39, 0.29) is 19.3 Å². The Kier molecular flexibility index (Phi) is 6.98. The monoisotopic (exact) mass is 369 g/mol. The highest BCUT2D eigenvalue weighted by Crippen LogP contribution is 2.27. The summed E-state index contributed by atoms with van der Waals surface area (Å²) < 4.78 is 22.2. The summed E-state index contributed by atoms with van der Waals surface area (Å²) in [6.07, 6.45) is -0.707. The van der Waals surface area contributed by atoms with Crippen molar-refractivity contribution in [1.82, 2.24) is 4.90 Å². The summed E-state index contributed by atoms with van der Waals surface area (Å²) >= 11 is 5.19. The number of benzene rings is 1. The smallest absolute Gasteiger partial charge is 0.331 e. The van der Waals surface area contributed by atoms with Crippen molar-refractivity contribution in [1.29, 1.82) is 0 Å². The molecule has 7 nitrogen and oxygen atoms in total. The number of methoxy groups -OCH3 is 1. The molecule has 1 aliphatic rings. The van der Waals surface area contributed by atoms with E-state index in [0.29, 0.717) is 22.9 Å². The van der Waals surface area contributed by atoms with Crippen molar-refractivity contribution in [3.8, 4) is 11.5 Å². The lowest BCUT2D eigenvalue weighted by molar-refractivity contribution is -0.159. The lowest BCUT2D eigenvalue weighted by Crippen LogP contribution is -2.49. The summed E-state index contributed by atoms with van der Waals surface area (Å²) in [7, 11) is 3.20. The third-order valence-corrected chi connectivity index (χ3v) is 4.47. The van der Waals surface area contributed by atoms with Crippen LogP contribution in [-0.2, 0) is 14.3 Å². The quantitative estimate of drug-likeness (QED) is 0.697. The van der Waals surface area contributed by atoms with Gasteiger partial charge in [0.1, 0.15) is 12.7 Å². The van der Waals surface area contributed by atoms with Gasteiger partial charge in [-0.25, -0.2) is 4.79 Å². The van der Waals surface area contributed by atoms with Crippen molar-refractivity contribution in [2.45, 2.75) is 31.8 Å². The number of likely N-dealkylation sites (N-methyl/N-ethyl adjacent to an activating group) is 1. The van der Waals surface area contributed by atoms with E-state index in [1.807, 2.05) is 19.1 Å². The predicted octanol–water partition coefficient (Wildman–Crippen LogP) is 1.94. The van der Waals surface area contributed by atoms with Gasteiger partial charge in [0.2, 0.25) is 0 Å². The maximum Gasteiger partial charge on any atom is 0.331 e. The van der Waals surface area contributed by atoms with Gasteiger partial charge >= 0.3 is 5.97 Å². The first kappa shape index (κ1) is 19.4. The second-order valence-corrected chi connectivity index (χ2v) is 6.03. The molecule has 25 heavy (non-hydrogen) atoms. The van der Waals surface area contributed by atoms with E-state index in [9.17, 15) is 9.90 Å². The van der Waals surface area contributed by atoms with Crippen molar-refractivity contribution in [2.75, 3.05) is 27.4 Å². The molecule has 138 valence electrons. The van der Waals surface area contributed by atoms with Crippen LogP contribution in [0.1, 0.15) is 13.3 Å². The Balaban J connectivity index is 1.95. The van der Waals surface area contributed by atoms with Crippen LogP contribution >= 0.6 is 12.2 Å². The van der Waals surface area contributed by atoms with Crippen LogP contribution in [-0.4, -0.2) is 66.8 Å². The van der Waals surface area contributed by atoms with Gasteiger partial charge in [-0.1, -0.05) is 31.3 Å². The maximum atomic E-state index is 11.6. The van der Waals surface area contributed by atoms with Gasteiger partial charge in [0.25, 0.3) is 0 Å². The Morgan fingerprint density at radius 3 is 2.72 bits per heavy atom. The second-order valence-electron chi connectivity index (χ2n) is 5.56. The van der Waals surface area contributed by atoms with Gasteiger partial charge in [0, 0.05) is 7.05 Å². The topological polar surface area (TPSA) is 77.5 Å². The summed E-state index contributed by atoms with van der Waals surface area (Å²) in [6.45, 7) is 2.35. The van der Waals surface area contributed by atoms with E-state index in [0.717, 1.165) is 0 Å². The van der Waals surface area contributed by atoms with Crippen molar-refractivity contribution >= 4 is 23.2 Å². The van der Waals surface area contributed by atoms with Crippen LogP contribution in [0.5, 0.6) is 11.5 Å². The number of ether oxygens (including phenoxy) is 4. The minimum Gasteiger partial charge on any atom is -0.493 e. The molecule has 1 aliphatic heterocycles. The minimum atomic E-state index is -1.05. The zero-order valence-electron chi connectivity index (χ0n) is 14.5. The minimum absolute atomic E-state index is 0.227. The molecule has 1 aromatic rings. The van der Waals surface area contributed by atoms with Crippen LogP contribution in [0.25, 0.3) is 0 Å². The number of carboxylic acid groups (broad SMARTS) is 1. The number of thiocarbonyl (C=S) groups is 1. The highest BCUT2D eigenvalue weighted by molar-refractivity contribution is 7.80. The molecule has 0 amide bonds. The van der Waals surface area contributed by atoms with E-state index in [2.05, 4.69) is 0 Å². The van der Waals surface area contributed by atoms with E-state index in [4.69, 9.17) is 31.2 Å². The summed E-state index contributed by atoms with van der Waals surface area (Å²) in [4.78, 5) is 13.7. The number of nitrogens with zero attached hydrogens (tertiary/aromatic N) is 1. The zero-order valence-corrected chi connectivity index (χ0v) is 15.3. The number of aliphatic carboxylic acids is 1. The number of carboxylic acids is 1. The third-order valence-electron chi connectivity index (χ3n) is 3.89. The van der Waals surface area contributed by atoms with Crippen LogP contribution in [0, 0.1) is 0 Å². The predicted molar refractivity (Wildman–Crippen MR) is 95.2 cm³/mol. The molecule has 8 heteroatoms. The van der Waals surface area contributed by atoms with Crippen molar-refractivity contribution in [3.05, 3.63) is 24.3 Å². The van der Waals surface area contributed by atoms with Gasteiger partial charge < -0.3 is 29.0 Å². The fraction of sp³-hybridized carbons (Fsp3) is 0.529. The average molecular weight is 369 g/mol. The van der Waals surface area contributed by atoms with Crippen LogP contribution in [0.15, 0.2) is 24.3 Å². The Hall–Kier alpha value is -1.90. The molecular formula is C17H23NO6S. The van der Waals surface area contributed by atoms with Crippen molar-refractivity contribution in [2.24, 2.45) is 0 Å². The van der Waals surface area contributed by atoms with Gasteiger partial charge in [-0.15, -0.1) is 0 Å². The Morgan fingerprint density at radius 2 is 2.12 bits per heavy atom. The molecule has 1 heterocycles. The summed E-state index contributed by atoms with van der Waals surface area (Å²) in [5.74, 6) is 0.167. The number of para-hydroxylation sites is 2. The average Bonchev–Trinajstić information content (AvgIpc) is 3.07. The zero-order chi connectivity index (χ0) is 18.4. The van der Waals surface area contributed by atoms with Crippen LogP contribution in [0.4, 0.5) is 0 Å². The number of rotatable bonds is 8. The molecule has 0 aliphatic carbocycles. The maximum absolute atomic E-state index is 11.6. The first-order valence-electron chi connectivity index (χ1n) is 7.99. The lowest BCUT2D eigenvalue weighted by atomic mass is 10.2. The SMILES string of the molecule is CCC(=S)N(C)C(C(=O)O)C1OCC(COc2ccccc2OC)O1. The van der Waals surface area contributed by atoms with Crippen molar-refractivity contribution in [3.63, 3.8) is 0 Å². The van der Waals surface area contributed by atoms with E-state index < -0.39 is 18.3 Å². The summed E-state index contributed by atoms with van der Waals surface area (Å²) in [6, 6.07) is 6.28. The van der Waals surface area contributed by atoms with Crippen LogP contribution in [0.2, 0.25) is 0 Å². The van der Waals surface area contributed by atoms with E-state index >= 15 is 0 Å². The molecule has 0 aromatic heterocycles. The van der Waals surface area contributed by atoms with E-state index in [1.54, 1.807) is 26.3 Å². The molecule has 0 spiro atoms. The number of hydrogen-bond donors (Lipinski definition) is 1. The molecule has 1 fully saturated rings. The molecular weight excluding hydrogens is 346 g/mol. The Labute approximate surface area is 152 Å². The van der Waals surface area contributed by atoms with Gasteiger partial charge in [0.05, 0.1) is 18.7 Å². The van der Waals surface area contributed by atoms with E-state index in [1.165, 1.54) is 4.90 Å². The fourth-order valence-corrected chi connectivity index (χ4v) is 2.63. The van der Waals surface area contributed by atoms with Gasteiger partial charge in [-0.05, 0) is 18.6 Å². The first-order valence-corrected chi connectivity index (χ1v) is 8.40. The molecule has 1 N–H and O–H groups in total. The third kappa shape index (κ3) is 4.81.